The minimum absolute atomic E-state index is 0.0344. The summed E-state index contributed by atoms with van der Waals surface area (Å²) < 4.78 is 0. The minimum Gasteiger partial charge on any atom is -0.349 e. The van der Waals surface area contributed by atoms with E-state index in [0.29, 0.717) is 0 Å². The predicted molar refractivity (Wildman–Crippen MR) is 69.9 cm³/mol. The molecule has 1 aromatic carbocycles. The topological polar surface area (TPSA) is 72.2 Å². The maximum atomic E-state index is 11.9. The molecule has 0 bridgehead atoms. The van der Waals surface area contributed by atoms with Crippen LogP contribution in [0.25, 0.3) is 0 Å². The Bertz CT molecular complexity index is 474. The normalized spacial score (nSPS) is 12.3. The van der Waals surface area contributed by atoms with Gasteiger partial charge in [-0.25, -0.2) is 0 Å². The number of hydrogen-bond donors (Lipinski definition) is 1. The monoisotopic (exact) mass is 270 g/mol. The smallest absolute Gasteiger partial charge is 0.270 e. The van der Waals surface area contributed by atoms with Crippen LogP contribution >= 0.6 is 11.6 Å². The van der Waals surface area contributed by atoms with Crippen LogP contribution in [-0.4, -0.2) is 16.9 Å². The van der Waals surface area contributed by atoms with Crippen molar-refractivity contribution in [3.05, 3.63) is 38.9 Å². The number of nitro groups is 1. The molecule has 6 heteroatoms. The molecular weight excluding hydrogens is 256 g/mol. The highest BCUT2D eigenvalue weighted by Gasteiger charge is 2.18. The van der Waals surface area contributed by atoms with Gasteiger partial charge in [-0.2, -0.15) is 0 Å². The van der Waals surface area contributed by atoms with Gasteiger partial charge in [-0.15, -0.1) is 0 Å². The van der Waals surface area contributed by atoms with Crippen molar-refractivity contribution in [1.29, 1.82) is 0 Å². The molecule has 1 aromatic rings. The van der Waals surface area contributed by atoms with Gasteiger partial charge in [0, 0.05) is 18.2 Å². The molecule has 0 saturated heterocycles. The van der Waals surface area contributed by atoms with Crippen molar-refractivity contribution < 1.29 is 9.72 Å². The first kappa shape index (κ1) is 14.4. The largest absolute Gasteiger partial charge is 0.349 e. The number of carbonyl (C=O) groups excluding carboxylic acids is 1. The van der Waals surface area contributed by atoms with E-state index in [0.717, 1.165) is 0 Å². The first-order valence-corrected chi connectivity index (χ1v) is 5.95. The Hall–Kier alpha value is -1.62. The molecule has 0 fully saturated rings. The summed E-state index contributed by atoms with van der Waals surface area (Å²) in [6.07, 6.45) is 0. The summed E-state index contributed by atoms with van der Waals surface area (Å²) in [5.41, 5.74) is -0.0277. The number of nitro benzene ring substituents is 1. The Balaban J connectivity index is 2.98. The van der Waals surface area contributed by atoms with Crippen molar-refractivity contribution in [2.75, 3.05) is 0 Å². The summed E-state index contributed by atoms with van der Waals surface area (Å²) in [7, 11) is 0. The summed E-state index contributed by atoms with van der Waals surface area (Å²) in [6, 6.07) is 3.78. The Morgan fingerprint density at radius 2 is 2.00 bits per heavy atom. The van der Waals surface area contributed by atoms with Crippen molar-refractivity contribution in [3.63, 3.8) is 0 Å². The average molecular weight is 271 g/mol. The van der Waals surface area contributed by atoms with Crippen LogP contribution in [0.1, 0.15) is 31.1 Å². The van der Waals surface area contributed by atoms with Gasteiger partial charge in [0.2, 0.25) is 0 Å². The number of halogens is 1. The second kappa shape index (κ2) is 5.82. The fourth-order valence-electron chi connectivity index (χ4n) is 1.25. The van der Waals surface area contributed by atoms with Gasteiger partial charge in [-0.05, 0) is 18.9 Å². The van der Waals surface area contributed by atoms with E-state index in [1.54, 1.807) is 0 Å². The van der Waals surface area contributed by atoms with Gasteiger partial charge < -0.3 is 5.32 Å². The fourth-order valence-corrected chi connectivity index (χ4v) is 1.46. The standard InChI is InChI=1S/C12H15ClN2O3/c1-7(2)8(3)14-12(16)10-6-9(15(17)18)4-5-11(10)13/h4-8H,1-3H3,(H,14,16). The summed E-state index contributed by atoms with van der Waals surface area (Å²) in [4.78, 5) is 22.0. The molecule has 0 aliphatic carbocycles. The van der Waals surface area contributed by atoms with Crippen LogP contribution in [0.15, 0.2) is 18.2 Å². The van der Waals surface area contributed by atoms with E-state index in [9.17, 15) is 14.9 Å². The lowest BCUT2D eigenvalue weighted by Crippen LogP contribution is -2.36. The third-order valence-corrected chi connectivity index (χ3v) is 3.09. The van der Waals surface area contributed by atoms with Crippen molar-refractivity contribution in [1.82, 2.24) is 5.32 Å². The second-order valence-corrected chi connectivity index (χ2v) is 4.83. The van der Waals surface area contributed by atoms with E-state index < -0.39 is 10.8 Å². The molecule has 1 amide bonds. The Morgan fingerprint density at radius 3 is 2.50 bits per heavy atom. The summed E-state index contributed by atoms with van der Waals surface area (Å²) in [5.74, 6) is -0.128. The van der Waals surface area contributed by atoms with E-state index in [1.807, 2.05) is 20.8 Å². The quantitative estimate of drug-likeness (QED) is 0.675. The molecule has 0 aliphatic heterocycles. The molecule has 1 rings (SSSR count). The molecule has 1 atom stereocenters. The van der Waals surface area contributed by atoms with Crippen LogP contribution in [0, 0.1) is 16.0 Å². The van der Waals surface area contributed by atoms with Gasteiger partial charge in [0.1, 0.15) is 0 Å². The van der Waals surface area contributed by atoms with Crippen LogP contribution in [-0.2, 0) is 0 Å². The third-order valence-electron chi connectivity index (χ3n) is 2.76. The van der Waals surface area contributed by atoms with Crippen LogP contribution in [0.3, 0.4) is 0 Å². The molecule has 0 saturated carbocycles. The molecule has 0 aliphatic rings. The summed E-state index contributed by atoms with van der Waals surface area (Å²) in [6.45, 7) is 5.81. The SMILES string of the molecule is CC(C)C(C)NC(=O)c1cc([N+](=O)[O-])ccc1Cl. The van der Waals surface area contributed by atoms with Crippen LogP contribution in [0.5, 0.6) is 0 Å². The lowest BCUT2D eigenvalue weighted by atomic mass is 10.1. The highest BCUT2D eigenvalue weighted by atomic mass is 35.5. The number of nitrogens with zero attached hydrogens (tertiary/aromatic N) is 1. The number of carbonyl (C=O) groups is 1. The van der Waals surface area contributed by atoms with E-state index in [1.165, 1.54) is 18.2 Å². The highest BCUT2D eigenvalue weighted by molar-refractivity contribution is 6.33. The number of non-ortho nitro benzene ring substituents is 1. The van der Waals surface area contributed by atoms with E-state index >= 15 is 0 Å². The minimum atomic E-state index is -0.557. The molecule has 5 nitrogen and oxygen atoms in total. The molecule has 1 unspecified atom stereocenters. The van der Waals surface area contributed by atoms with E-state index in [4.69, 9.17) is 11.6 Å². The van der Waals surface area contributed by atoms with Gasteiger partial charge in [-0.1, -0.05) is 25.4 Å². The first-order valence-electron chi connectivity index (χ1n) is 5.57. The van der Waals surface area contributed by atoms with Crippen molar-refractivity contribution >= 4 is 23.2 Å². The van der Waals surface area contributed by atoms with Gasteiger partial charge >= 0.3 is 0 Å². The van der Waals surface area contributed by atoms with Crippen LogP contribution in [0.4, 0.5) is 5.69 Å². The predicted octanol–water partition coefficient (Wildman–Crippen LogP) is 3.02. The number of nitrogens with one attached hydrogen (secondary N) is 1. The Morgan fingerprint density at radius 1 is 1.39 bits per heavy atom. The molecule has 98 valence electrons. The number of hydrogen-bond acceptors (Lipinski definition) is 3. The van der Waals surface area contributed by atoms with Crippen LogP contribution < -0.4 is 5.32 Å². The zero-order valence-electron chi connectivity index (χ0n) is 10.4. The van der Waals surface area contributed by atoms with Crippen molar-refractivity contribution in [2.24, 2.45) is 5.92 Å². The zero-order valence-corrected chi connectivity index (χ0v) is 11.2. The first-order chi connectivity index (χ1) is 8.32. The van der Waals surface area contributed by atoms with E-state index in [-0.39, 0.29) is 28.2 Å². The molecule has 0 radical (unpaired) electrons. The molecule has 0 heterocycles. The summed E-state index contributed by atoms with van der Waals surface area (Å²) in [5, 5.41) is 13.6. The highest BCUT2D eigenvalue weighted by Crippen LogP contribution is 2.22. The number of benzene rings is 1. The average Bonchev–Trinajstić information content (AvgIpc) is 2.28. The fraction of sp³-hybridized carbons (Fsp3) is 0.417. The van der Waals surface area contributed by atoms with Gasteiger partial charge in [-0.3, -0.25) is 14.9 Å². The molecule has 1 N–H and O–H groups in total. The maximum Gasteiger partial charge on any atom is 0.270 e. The van der Waals surface area contributed by atoms with Crippen LogP contribution in [0.2, 0.25) is 5.02 Å². The molecule has 18 heavy (non-hydrogen) atoms. The molecular formula is C12H15ClN2O3. The van der Waals surface area contributed by atoms with Crippen molar-refractivity contribution in [2.45, 2.75) is 26.8 Å². The number of rotatable bonds is 4. The second-order valence-electron chi connectivity index (χ2n) is 4.43. The van der Waals surface area contributed by atoms with Gasteiger partial charge in [0.25, 0.3) is 11.6 Å². The maximum absolute atomic E-state index is 11.9. The molecule has 0 spiro atoms. The van der Waals surface area contributed by atoms with E-state index in [2.05, 4.69) is 5.32 Å². The molecule has 0 aromatic heterocycles. The Kier molecular flexibility index (Phi) is 4.67. The zero-order chi connectivity index (χ0) is 13.9. The lowest BCUT2D eigenvalue weighted by Gasteiger charge is -2.17. The Labute approximate surface area is 110 Å². The number of amides is 1. The van der Waals surface area contributed by atoms with Gasteiger partial charge in [0.15, 0.2) is 0 Å². The third kappa shape index (κ3) is 3.43. The van der Waals surface area contributed by atoms with Crippen molar-refractivity contribution in [3.8, 4) is 0 Å². The lowest BCUT2D eigenvalue weighted by molar-refractivity contribution is -0.384. The van der Waals surface area contributed by atoms with Gasteiger partial charge in [0.05, 0.1) is 15.5 Å². The summed E-state index contributed by atoms with van der Waals surface area (Å²) >= 11 is 5.88.